The number of alkyl halides is 3. The van der Waals surface area contributed by atoms with E-state index in [0.29, 0.717) is 35.9 Å². The van der Waals surface area contributed by atoms with E-state index in [1.54, 1.807) is 18.3 Å². The molecule has 0 aliphatic heterocycles. The summed E-state index contributed by atoms with van der Waals surface area (Å²) < 4.78 is 44.1. The summed E-state index contributed by atoms with van der Waals surface area (Å²) in [4.78, 5) is 8.54. The molecule has 8 heteroatoms. The fourth-order valence-electron chi connectivity index (χ4n) is 3.06. The minimum absolute atomic E-state index is 0.0768. The number of halogens is 3. The van der Waals surface area contributed by atoms with Crippen molar-refractivity contribution < 1.29 is 17.7 Å². The molecule has 2 atom stereocenters. The van der Waals surface area contributed by atoms with Crippen LogP contribution in [0, 0.1) is 5.92 Å². The van der Waals surface area contributed by atoms with E-state index in [9.17, 15) is 13.2 Å². The lowest BCUT2D eigenvalue weighted by Crippen LogP contribution is -2.34. The zero-order chi connectivity index (χ0) is 18.0. The number of aromatic nitrogens is 3. The summed E-state index contributed by atoms with van der Waals surface area (Å²) >= 11 is 0. The highest BCUT2D eigenvalue weighted by Gasteiger charge is 2.42. The average molecular weight is 354 g/mol. The summed E-state index contributed by atoms with van der Waals surface area (Å²) in [6.45, 7) is 3.93. The van der Waals surface area contributed by atoms with Crippen LogP contribution >= 0.6 is 0 Å². The number of rotatable bonds is 4. The molecule has 0 radical (unpaired) electrons. The summed E-state index contributed by atoms with van der Waals surface area (Å²) in [5.74, 6) is 0.423. The van der Waals surface area contributed by atoms with Crippen LogP contribution in [0.3, 0.4) is 0 Å². The molecule has 136 valence electrons. The van der Waals surface area contributed by atoms with Crippen LogP contribution in [-0.2, 0) is 0 Å². The quantitative estimate of drug-likeness (QED) is 0.855. The lowest BCUT2D eigenvalue weighted by Gasteiger charge is -2.31. The van der Waals surface area contributed by atoms with E-state index in [4.69, 9.17) is 4.52 Å². The first-order valence-electron chi connectivity index (χ1n) is 8.46. The van der Waals surface area contributed by atoms with Crippen molar-refractivity contribution in [2.24, 2.45) is 5.92 Å². The molecule has 1 fully saturated rings. The maximum Gasteiger partial charge on any atom is 0.391 e. The van der Waals surface area contributed by atoms with Crippen molar-refractivity contribution >= 4 is 5.82 Å². The topological polar surface area (TPSA) is 63.8 Å². The first kappa shape index (κ1) is 17.7. The third kappa shape index (κ3) is 4.29. The lowest BCUT2D eigenvalue weighted by atomic mass is 9.85. The van der Waals surface area contributed by atoms with Crippen molar-refractivity contribution in [3.05, 3.63) is 24.2 Å². The number of hydrogen-bond donors (Lipinski definition) is 1. The fraction of sp³-hybridized carbons (Fsp3) is 0.588. The van der Waals surface area contributed by atoms with Crippen LogP contribution in [0.2, 0.25) is 0 Å². The minimum atomic E-state index is -4.13. The number of nitrogens with one attached hydrogen (secondary N) is 1. The number of anilines is 1. The molecule has 5 nitrogen and oxygen atoms in total. The molecule has 0 saturated heterocycles. The summed E-state index contributed by atoms with van der Waals surface area (Å²) in [5, 5.41) is 7.04. The monoisotopic (exact) mass is 354 g/mol. The molecule has 0 aromatic carbocycles. The van der Waals surface area contributed by atoms with E-state index < -0.39 is 12.1 Å². The maximum absolute atomic E-state index is 12.9. The second-order valence-corrected chi connectivity index (χ2v) is 6.79. The number of nitrogens with zero attached hydrogens (tertiary/aromatic N) is 3. The van der Waals surface area contributed by atoms with Crippen LogP contribution in [0.1, 0.15) is 51.3 Å². The van der Waals surface area contributed by atoms with Crippen LogP contribution < -0.4 is 5.32 Å². The van der Waals surface area contributed by atoms with E-state index in [0.717, 1.165) is 0 Å². The first-order chi connectivity index (χ1) is 11.8. The van der Waals surface area contributed by atoms with Gasteiger partial charge in [0.1, 0.15) is 5.82 Å². The first-order valence-corrected chi connectivity index (χ1v) is 8.46. The van der Waals surface area contributed by atoms with Crippen molar-refractivity contribution in [3.63, 3.8) is 0 Å². The Hall–Kier alpha value is -2.12. The van der Waals surface area contributed by atoms with Gasteiger partial charge < -0.3 is 9.84 Å². The molecule has 1 aliphatic rings. The molecule has 1 N–H and O–H groups in total. The van der Waals surface area contributed by atoms with Crippen LogP contribution in [0.4, 0.5) is 19.0 Å². The van der Waals surface area contributed by atoms with Crippen molar-refractivity contribution in [2.45, 2.75) is 57.7 Å². The predicted molar refractivity (Wildman–Crippen MR) is 87.0 cm³/mol. The highest BCUT2D eigenvalue weighted by molar-refractivity contribution is 5.58. The minimum Gasteiger partial charge on any atom is -0.367 e. The van der Waals surface area contributed by atoms with Gasteiger partial charge in [0.05, 0.1) is 5.92 Å². The summed E-state index contributed by atoms with van der Waals surface area (Å²) in [6.07, 6.45) is -1.00. The van der Waals surface area contributed by atoms with Crippen LogP contribution in [0.25, 0.3) is 11.5 Å². The molecule has 2 heterocycles. The van der Waals surface area contributed by atoms with Gasteiger partial charge in [-0.15, -0.1) is 0 Å². The summed E-state index contributed by atoms with van der Waals surface area (Å²) in [6, 6.07) is 3.23. The summed E-state index contributed by atoms with van der Waals surface area (Å²) in [7, 11) is 0. The van der Waals surface area contributed by atoms with Gasteiger partial charge in [0.15, 0.2) is 5.82 Å². The van der Waals surface area contributed by atoms with E-state index in [-0.39, 0.29) is 24.8 Å². The molecule has 2 aromatic heterocycles. The van der Waals surface area contributed by atoms with Gasteiger partial charge >= 0.3 is 6.18 Å². The van der Waals surface area contributed by atoms with E-state index in [1.165, 1.54) is 0 Å². The van der Waals surface area contributed by atoms with Gasteiger partial charge in [0, 0.05) is 23.7 Å². The van der Waals surface area contributed by atoms with Gasteiger partial charge in [-0.3, -0.25) is 0 Å². The largest absolute Gasteiger partial charge is 0.391 e. The molecule has 0 spiro atoms. The van der Waals surface area contributed by atoms with Gasteiger partial charge in [0.2, 0.25) is 0 Å². The SMILES string of the molecule is CC(C)c1noc(-c2ccnc(NC3CCCC(C(F)(F)F)C3)c2)n1. The average Bonchev–Trinajstić information content (AvgIpc) is 3.05. The Morgan fingerprint density at radius 3 is 2.76 bits per heavy atom. The molecule has 3 rings (SSSR count). The number of pyridine rings is 1. The third-order valence-corrected chi connectivity index (χ3v) is 4.45. The van der Waals surface area contributed by atoms with Crippen LogP contribution in [-0.4, -0.2) is 27.3 Å². The molecular formula is C17H21F3N4O. The van der Waals surface area contributed by atoms with Gasteiger partial charge in [-0.25, -0.2) is 4.98 Å². The third-order valence-electron chi connectivity index (χ3n) is 4.45. The van der Waals surface area contributed by atoms with E-state index in [2.05, 4.69) is 20.4 Å². The Balaban J connectivity index is 1.71. The molecular weight excluding hydrogens is 333 g/mol. The molecule has 0 amide bonds. The van der Waals surface area contributed by atoms with Gasteiger partial charge in [0.25, 0.3) is 5.89 Å². The molecule has 0 bridgehead atoms. The second-order valence-electron chi connectivity index (χ2n) is 6.79. The Bertz CT molecular complexity index is 714. The van der Waals surface area contributed by atoms with Crippen molar-refractivity contribution in [2.75, 3.05) is 5.32 Å². The molecule has 1 saturated carbocycles. The molecule has 2 aromatic rings. The lowest BCUT2D eigenvalue weighted by molar-refractivity contribution is -0.182. The molecule has 1 aliphatic carbocycles. The number of hydrogen-bond acceptors (Lipinski definition) is 5. The van der Waals surface area contributed by atoms with E-state index in [1.807, 2.05) is 13.8 Å². The Labute approximate surface area is 144 Å². The summed E-state index contributed by atoms with van der Waals surface area (Å²) in [5.41, 5.74) is 0.695. The maximum atomic E-state index is 12.9. The predicted octanol–water partition coefficient (Wildman–Crippen LogP) is 4.79. The van der Waals surface area contributed by atoms with Crippen LogP contribution in [0.15, 0.2) is 22.9 Å². The van der Waals surface area contributed by atoms with E-state index >= 15 is 0 Å². The highest BCUT2D eigenvalue weighted by atomic mass is 19.4. The van der Waals surface area contributed by atoms with Crippen LogP contribution in [0.5, 0.6) is 0 Å². The van der Waals surface area contributed by atoms with Crippen molar-refractivity contribution in [1.29, 1.82) is 0 Å². The standard InChI is InChI=1S/C17H21F3N4O/c1-10(2)15-23-16(25-24-15)11-6-7-21-14(8-11)22-13-5-3-4-12(9-13)17(18,19)20/h6-8,10,12-13H,3-5,9H2,1-2H3,(H,21,22). The normalized spacial score (nSPS) is 21.5. The Morgan fingerprint density at radius 2 is 2.08 bits per heavy atom. The highest BCUT2D eigenvalue weighted by Crippen LogP contribution is 2.38. The second kappa shape index (κ2) is 7.01. The van der Waals surface area contributed by atoms with Crippen molar-refractivity contribution in [1.82, 2.24) is 15.1 Å². The molecule has 2 unspecified atom stereocenters. The Morgan fingerprint density at radius 1 is 1.28 bits per heavy atom. The fourth-order valence-corrected chi connectivity index (χ4v) is 3.06. The van der Waals surface area contributed by atoms with Crippen molar-refractivity contribution in [3.8, 4) is 11.5 Å². The van der Waals surface area contributed by atoms with Gasteiger partial charge in [-0.2, -0.15) is 18.2 Å². The Kier molecular flexibility index (Phi) is 4.96. The van der Waals surface area contributed by atoms with Gasteiger partial charge in [-0.1, -0.05) is 25.4 Å². The smallest absolute Gasteiger partial charge is 0.367 e. The van der Waals surface area contributed by atoms with Gasteiger partial charge in [-0.05, 0) is 31.4 Å². The zero-order valence-corrected chi connectivity index (χ0v) is 14.2. The molecule has 25 heavy (non-hydrogen) atoms. The zero-order valence-electron chi connectivity index (χ0n) is 14.2.